The largest absolute Gasteiger partial charge is 0.489 e. The van der Waals surface area contributed by atoms with Crippen LogP contribution in [0.15, 0.2) is 72.4 Å². The molecule has 4 rings (SSSR count). The maximum atomic E-state index is 12.6. The molecule has 0 aliphatic heterocycles. The molecule has 4 aromatic rings. The average molecular weight is 418 g/mol. The highest BCUT2D eigenvalue weighted by Crippen LogP contribution is 2.22. The summed E-state index contributed by atoms with van der Waals surface area (Å²) in [7, 11) is 0. The van der Waals surface area contributed by atoms with Gasteiger partial charge in [0.2, 0.25) is 0 Å². The summed E-state index contributed by atoms with van der Waals surface area (Å²) < 4.78 is 7.72. The van der Waals surface area contributed by atoms with Crippen LogP contribution >= 0.6 is 11.3 Å². The molecule has 0 atom stereocenters. The molecule has 0 saturated heterocycles. The lowest BCUT2D eigenvalue weighted by Crippen LogP contribution is -2.09. The number of aryl methyl sites for hydroxylation is 2. The third-order valence-electron chi connectivity index (χ3n) is 4.68. The molecule has 1 amide bonds. The molecule has 2 aromatic heterocycles. The van der Waals surface area contributed by atoms with Crippen LogP contribution in [0.25, 0.3) is 0 Å². The van der Waals surface area contributed by atoms with E-state index in [0.29, 0.717) is 23.7 Å². The second kappa shape index (κ2) is 8.97. The normalized spacial score (nSPS) is 10.7. The van der Waals surface area contributed by atoms with Crippen molar-refractivity contribution in [3.05, 3.63) is 99.5 Å². The summed E-state index contributed by atoms with van der Waals surface area (Å²) in [5.41, 5.74) is 5.13. The van der Waals surface area contributed by atoms with Crippen LogP contribution in [0, 0.1) is 13.8 Å². The summed E-state index contributed by atoms with van der Waals surface area (Å²) in [6.07, 6.45) is 3.50. The minimum atomic E-state index is -0.142. The van der Waals surface area contributed by atoms with E-state index in [2.05, 4.69) is 23.4 Å². The number of anilines is 1. The monoisotopic (exact) mass is 417 g/mol. The van der Waals surface area contributed by atoms with Gasteiger partial charge in [0.05, 0.1) is 23.3 Å². The molecular formula is C24H23N3O2S. The van der Waals surface area contributed by atoms with E-state index in [0.717, 1.165) is 22.4 Å². The number of thiophene rings is 1. The van der Waals surface area contributed by atoms with Crippen molar-refractivity contribution in [1.29, 1.82) is 0 Å². The molecular weight excluding hydrogens is 394 g/mol. The number of nitrogens with zero attached hydrogens (tertiary/aromatic N) is 2. The van der Waals surface area contributed by atoms with Crippen LogP contribution < -0.4 is 10.1 Å². The fourth-order valence-electron chi connectivity index (χ4n) is 3.17. The molecule has 30 heavy (non-hydrogen) atoms. The van der Waals surface area contributed by atoms with E-state index in [1.54, 1.807) is 6.20 Å². The Hall–Kier alpha value is -3.38. The summed E-state index contributed by atoms with van der Waals surface area (Å²) in [4.78, 5) is 13.2. The smallest absolute Gasteiger partial charge is 0.265 e. The Morgan fingerprint density at radius 3 is 2.73 bits per heavy atom. The Morgan fingerprint density at radius 2 is 1.93 bits per heavy atom. The number of carbonyl (C=O) groups excluding carboxylic acids is 1. The molecule has 0 aliphatic carbocycles. The van der Waals surface area contributed by atoms with Gasteiger partial charge in [0, 0.05) is 11.8 Å². The molecule has 152 valence electrons. The van der Waals surface area contributed by atoms with Gasteiger partial charge in [0.1, 0.15) is 12.4 Å². The second-order valence-electron chi connectivity index (χ2n) is 7.24. The number of amides is 1. The lowest BCUT2D eigenvalue weighted by atomic mass is 10.1. The van der Waals surface area contributed by atoms with Crippen LogP contribution in [0.3, 0.4) is 0 Å². The lowest BCUT2D eigenvalue weighted by Gasteiger charge is -2.08. The molecule has 2 aromatic carbocycles. The molecule has 0 aliphatic rings. The van der Waals surface area contributed by atoms with Crippen molar-refractivity contribution >= 4 is 22.9 Å². The van der Waals surface area contributed by atoms with Crippen LogP contribution in [0.4, 0.5) is 5.69 Å². The van der Waals surface area contributed by atoms with E-state index in [1.807, 2.05) is 71.7 Å². The second-order valence-corrected chi connectivity index (χ2v) is 8.15. The molecule has 0 fully saturated rings. The molecule has 0 spiro atoms. The Morgan fingerprint density at radius 1 is 1.10 bits per heavy atom. The van der Waals surface area contributed by atoms with Gasteiger partial charge in [-0.3, -0.25) is 9.48 Å². The maximum Gasteiger partial charge on any atom is 0.265 e. The van der Waals surface area contributed by atoms with Crippen LogP contribution in [0.2, 0.25) is 0 Å². The summed E-state index contributed by atoms with van der Waals surface area (Å²) >= 11 is 1.41. The fourth-order valence-corrected chi connectivity index (χ4v) is 3.96. The highest BCUT2D eigenvalue weighted by Gasteiger charge is 2.11. The SMILES string of the molecule is Cc1ccc(OCc2csc(C(=O)Nc3cnn(Cc4ccccc4)c3)c2)c(C)c1. The minimum Gasteiger partial charge on any atom is -0.489 e. The van der Waals surface area contributed by atoms with Gasteiger partial charge in [-0.2, -0.15) is 5.10 Å². The van der Waals surface area contributed by atoms with E-state index < -0.39 is 0 Å². The van der Waals surface area contributed by atoms with Crippen molar-refractivity contribution in [3.8, 4) is 5.75 Å². The van der Waals surface area contributed by atoms with Gasteiger partial charge >= 0.3 is 0 Å². The van der Waals surface area contributed by atoms with Crippen LogP contribution in [0.1, 0.15) is 31.9 Å². The number of rotatable bonds is 7. The molecule has 6 heteroatoms. The number of aromatic nitrogens is 2. The van der Waals surface area contributed by atoms with Crippen LogP contribution in [-0.2, 0) is 13.2 Å². The van der Waals surface area contributed by atoms with Gasteiger partial charge in [-0.15, -0.1) is 11.3 Å². The highest BCUT2D eigenvalue weighted by molar-refractivity contribution is 7.12. The van der Waals surface area contributed by atoms with E-state index in [1.165, 1.54) is 16.9 Å². The minimum absolute atomic E-state index is 0.142. The standard InChI is InChI=1S/C24H23N3O2S/c1-17-8-9-22(18(2)10-17)29-15-20-11-23(30-16-20)24(28)26-21-12-25-27(14-21)13-19-6-4-3-5-7-19/h3-12,14,16H,13,15H2,1-2H3,(H,26,28). The summed E-state index contributed by atoms with van der Waals surface area (Å²) in [6.45, 7) is 5.19. The fraction of sp³-hybridized carbons (Fsp3) is 0.167. The first kappa shape index (κ1) is 19.9. The molecule has 0 saturated carbocycles. The quantitative estimate of drug-likeness (QED) is 0.436. The van der Waals surface area contributed by atoms with Gasteiger partial charge < -0.3 is 10.1 Å². The predicted octanol–water partition coefficient (Wildman–Crippen LogP) is 5.44. The number of benzene rings is 2. The van der Waals surface area contributed by atoms with E-state index >= 15 is 0 Å². The van der Waals surface area contributed by atoms with Gasteiger partial charge in [-0.1, -0.05) is 48.0 Å². The van der Waals surface area contributed by atoms with Gasteiger partial charge in [0.25, 0.3) is 5.91 Å². The lowest BCUT2D eigenvalue weighted by molar-refractivity contribution is 0.103. The number of ether oxygens (including phenoxy) is 1. The number of carbonyl (C=O) groups is 1. The molecule has 0 unspecified atom stereocenters. The molecule has 0 radical (unpaired) electrons. The number of nitrogens with one attached hydrogen (secondary N) is 1. The zero-order valence-corrected chi connectivity index (χ0v) is 17.8. The zero-order chi connectivity index (χ0) is 20.9. The van der Waals surface area contributed by atoms with Gasteiger partial charge in [-0.25, -0.2) is 0 Å². The van der Waals surface area contributed by atoms with Gasteiger partial charge in [-0.05, 0) is 42.5 Å². The van der Waals surface area contributed by atoms with Crippen molar-refractivity contribution in [2.24, 2.45) is 0 Å². The predicted molar refractivity (Wildman–Crippen MR) is 120 cm³/mol. The van der Waals surface area contributed by atoms with Crippen molar-refractivity contribution in [2.75, 3.05) is 5.32 Å². The van der Waals surface area contributed by atoms with E-state index in [-0.39, 0.29) is 5.91 Å². The highest BCUT2D eigenvalue weighted by atomic mass is 32.1. The van der Waals surface area contributed by atoms with E-state index in [9.17, 15) is 4.79 Å². The summed E-state index contributed by atoms with van der Waals surface area (Å²) in [5, 5.41) is 9.20. The van der Waals surface area contributed by atoms with Crippen LogP contribution in [-0.4, -0.2) is 15.7 Å². The van der Waals surface area contributed by atoms with Crippen molar-refractivity contribution in [1.82, 2.24) is 9.78 Å². The van der Waals surface area contributed by atoms with Gasteiger partial charge in [0.15, 0.2) is 0 Å². The third kappa shape index (κ3) is 4.96. The zero-order valence-electron chi connectivity index (χ0n) is 17.0. The first-order chi connectivity index (χ1) is 14.6. The molecule has 2 heterocycles. The first-order valence-electron chi connectivity index (χ1n) is 9.72. The Balaban J connectivity index is 1.34. The Bertz CT molecular complexity index is 1150. The van der Waals surface area contributed by atoms with Crippen molar-refractivity contribution in [2.45, 2.75) is 27.0 Å². The average Bonchev–Trinajstić information content (AvgIpc) is 3.38. The van der Waals surface area contributed by atoms with E-state index in [4.69, 9.17) is 4.74 Å². The number of hydrogen-bond donors (Lipinski definition) is 1. The topological polar surface area (TPSA) is 56.1 Å². The summed E-state index contributed by atoms with van der Waals surface area (Å²) in [6, 6.07) is 18.1. The summed E-state index contributed by atoms with van der Waals surface area (Å²) in [5.74, 6) is 0.723. The molecule has 5 nitrogen and oxygen atoms in total. The molecule has 0 bridgehead atoms. The maximum absolute atomic E-state index is 12.6. The van der Waals surface area contributed by atoms with Crippen molar-refractivity contribution in [3.63, 3.8) is 0 Å². The van der Waals surface area contributed by atoms with Crippen molar-refractivity contribution < 1.29 is 9.53 Å². The Kier molecular flexibility index (Phi) is 5.95. The van der Waals surface area contributed by atoms with Crippen LogP contribution in [0.5, 0.6) is 5.75 Å². The Labute approximate surface area is 179 Å². The number of hydrogen-bond acceptors (Lipinski definition) is 4. The third-order valence-corrected chi connectivity index (χ3v) is 5.66. The first-order valence-corrected chi connectivity index (χ1v) is 10.6. The molecule has 1 N–H and O–H groups in total.